The first-order chi connectivity index (χ1) is 15.0. The number of hydrogen-bond acceptors (Lipinski definition) is 5. The van der Waals surface area contributed by atoms with Crippen molar-refractivity contribution in [3.8, 4) is 5.75 Å². The number of hydrogen-bond donors (Lipinski definition) is 0. The lowest BCUT2D eigenvalue weighted by molar-refractivity contribution is 0.0740. The van der Waals surface area contributed by atoms with E-state index in [2.05, 4.69) is 16.1 Å². The SMILES string of the molecule is CCn1nc(C(=O)N2CCN(c3ccccc3OC(C)C)CC2)c2ccccc2c1=O. The van der Waals surface area contributed by atoms with Crippen molar-refractivity contribution >= 4 is 22.4 Å². The van der Waals surface area contributed by atoms with Crippen LogP contribution in [0.2, 0.25) is 0 Å². The Kier molecular flexibility index (Phi) is 5.93. The van der Waals surface area contributed by atoms with Gasteiger partial charge in [-0.3, -0.25) is 9.59 Å². The standard InChI is InChI=1S/C24H28N4O3/c1-4-28-23(29)19-10-6-5-9-18(19)22(25-28)24(30)27-15-13-26(14-16-27)20-11-7-8-12-21(20)31-17(2)3/h5-12,17H,4,13-16H2,1-3H3. The summed E-state index contributed by atoms with van der Waals surface area (Å²) in [5.74, 6) is 0.727. The summed E-state index contributed by atoms with van der Waals surface area (Å²) in [6.45, 7) is 8.87. The lowest BCUT2D eigenvalue weighted by Crippen LogP contribution is -2.49. The molecule has 7 heteroatoms. The number of ether oxygens (including phenoxy) is 1. The predicted octanol–water partition coefficient (Wildman–Crippen LogP) is 3.17. The van der Waals surface area contributed by atoms with E-state index in [4.69, 9.17) is 4.74 Å². The van der Waals surface area contributed by atoms with Gasteiger partial charge in [0.1, 0.15) is 5.75 Å². The van der Waals surface area contributed by atoms with Crippen LogP contribution in [0.1, 0.15) is 31.3 Å². The number of aryl methyl sites for hydroxylation is 1. The van der Waals surface area contributed by atoms with Crippen molar-refractivity contribution < 1.29 is 9.53 Å². The zero-order chi connectivity index (χ0) is 22.0. The normalized spacial score (nSPS) is 14.3. The zero-order valence-electron chi connectivity index (χ0n) is 18.2. The number of aromatic nitrogens is 2. The zero-order valence-corrected chi connectivity index (χ0v) is 18.2. The second-order valence-corrected chi connectivity index (χ2v) is 7.93. The van der Waals surface area contributed by atoms with E-state index in [-0.39, 0.29) is 17.6 Å². The van der Waals surface area contributed by atoms with Crippen molar-refractivity contribution in [3.63, 3.8) is 0 Å². The van der Waals surface area contributed by atoms with Crippen molar-refractivity contribution in [1.82, 2.24) is 14.7 Å². The van der Waals surface area contributed by atoms with Crippen molar-refractivity contribution in [3.05, 3.63) is 64.6 Å². The molecule has 1 aromatic heterocycles. The molecule has 162 valence electrons. The third kappa shape index (κ3) is 4.13. The number of para-hydroxylation sites is 2. The van der Waals surface area contributed by atoms with Crippen LogP contribution in [0.5, 0.6) is 5.75 Å². The van der Waals surface area contributed by atoms with Gasteiger partial charge in [0, 0.05) is 38.1 Å². The molecule has 0 saturated carbocycles. The predicted molar refractivity (Wildman–Crippen MR) is 122 cm³/mol. The largest absolute Gasteiger partial charge is 0.489 e. The average Bonchev–Trinajstić information content (AvgIpc) is 2.79. The van der Waals surface area contributed by atoms with Gasteiger partial charge in [0.05, 0.1) is 17.2 Å². The quantitative estimate of drug-likeness (QED) is 0.634. The molecule has 0 spiro atoms. The second kappa shape index (κ2) is 8.79. The maximum absolute atomic E-state index is 13.4. The number of nitrogens with zero attached hydrogens (tertiary/aromatic N) is 4. The van der Waals surface area contributed by atoms with E-state index < -0.39 is 0 Å². The van der Waals surface area contributed by atoms with Gasteiger partial charge in [-0.05, 0) is 39.0 Å². The third-order valence-corrected chi connectivity index (χ3v) is 5.51. The average molecular weight is 421 g/mol. The van der Waals surface area contributed by atoms with Crippen LogP contribution in [0.25, 0.3) is 10.8 Å². The summed E-state index contributed by atoms with van der Waals surface area (Å²) in [4.78, 5) is 30.0. The molecular weight excluding hydrogens is 392 g/mol. The molecule has 1 aliphatic heterocycles. The fourth-order valence-electron chi connectivity index (χ4n) is 3.98. The number of piperazine rings is 1. The van der Waals surface area contributed by atoms with Gasteiger partial charge in [-0.15, -0.1) is 0 Å². The summed E-state index contributed by atoms with van der Waals surface area (Å²) in [5, 5.41) is 5.54. The Balaban J connectivity index is 1.56. The highest BCUT2D eigenvalue weighted by Crippen LogP contribution is 2.30. The maximum atomic E-state index is 13.4. The molecule has 0 N–H and O–H groups in total. The van der Waals surface area contributed by atoms with Gasteiger partial charge >= 0.3 is 0 Å². The van der Waals surface area contributed by atoms with E-state index in [9.17, 15) is 9.59 Å². The lowest BCUT2D eigenvalue weighted by atomic mass is 10.1. The molecule has 1 aliphatic rings. The minimum Gasteiger partial charge on any atom is -0.489 e. The molecule has 0 atom stereocenters. The molecule has 2 heterocycles. The van der Waals surface area contributed by atoms with E-state index in [0.29, 0.717) is 49.2 Å². The molecule has 2 aromatic carbocycles. The molecule has 0 aliphatic carbocycles. The first-order valence-corrected chi connectivity index (χ1v) is 10.8. The molecule has 1 saturated heterocycles. The number of benzene rings is 2. The Morgan fingerprint density at radius 1 is 1.00 bits per heavy atom. The molecule has 7 nitrogen and oxygen atoms in total. The molecule has 0 unspecified atom stereocenters. The number of amides is 1. The van der Waals surface area contributed by atoms with Crippen LogP contribution in [0.3, 0.4) is 0 Å². The van der Waals surface area contributed by atoms with Gasteiger partial charge in [-0.2, -0.15) is 5.10 Å². The Morgan fingerprint density at radius 2 is 1.65 bits per heavy atom. The Hall–Kier alpha value is -3.35. The summed E-state index contributed by atoms with van der Waals surface area (Å²) < 4.78 is 7.33. The summed E-state index contributed by atoms with van der Waals surface area (Å²) in [6.07, 6.45) is 0.0950. The molecular formula is C24H28N4O3. The van der Waals surface area contributed by atoms with Gasteiger partial charge < -0.3 is 14.5 Å². The summed E-state index contributed by atoms with van der Waals surface area (Å²) in [7, 11) is 0. The van der Waals surface area contributed by atoms with Crippen LogP contribution in [-0.4, -0.2) is 52.9 Å². The van der Waals surface area contributed by atoms with Crippen molar-refractivity contribution in [2.75, 3.05) is 31.1 Å². The number of carbonyl (C=O) groups excluding carboxylic acids is 1. The Labute approximate surface area is 181 Å². The smallest absolute Gasteiger partial charge is 0.275 e. The molecule has 1 amide bonds. The van der Waals surface area contributed by atoms with E-state index in [1.165, 1.54) is 4.68 Å². The molecule has 4 rings (SSSR count). The first kappa shape index (κ1) is 20.9. The topological polar surface area (TPSA) is 67.7 Å². The van der Waals surface area contributed by atoms with E-state index in [1.54, 1.807) is 12.1 Å². The molecule has 31 heavy (non-hydrogen) atoms. The van der Waals surface area contributed by atoms with Crippen molar-refractivity contribution in [1.29, 1.82) is 0 Å². The summed E-state index contributed by atoms with van der Waals surface area (Å²) in [5.41, 5.74) is 1.22. The van der Waals surface area contributed by atoms with Gasteiger partial charge in [0.2, 0.25) is 0 Å². The van der Waals surface area contributed by atoms with E-state index in [0.717, 1.165) is 11.4 Å². The first-order valence-electron chi connectivity index (χ1n) is 10.8. The number of carbonyl (C=O) groups is 1. The van der Waals surface area contributed by atoms with Crippen LogP contribution < -0.4 is 15.2 Å². The summed E-state index contributed by atoms with van der Waals surface area (Å²) >= 11 is 0. The number of anilines is 1. The fraction of sp³-hybridized carbons (Fsp3) is 0.375. The minimum atomic E-state index is -0.166. The Morgan fingerprint density at radius 3 is 2.32 bits per heavy atom. The van der Waals surface area contributed by atoms with Crippen LogP contribution in [0.4, 0.5) is 5.69 Å². The summed E-state index contributed by atoms with van der Waals surface area (Å²) in [6, 6.07) is 15.2. The molecule has 0 bridgehead atoms. The van der Waals surface area contributed by atoms with Crippen LogP contribution in [-0.2, 0) is 6.54 Å². The monoisotopic (exact) mass is 420 g/mol. The molecule has 0 radical (unpaired) electrons. The van der Waals surface area contributed by atoms with E-state index >= 15 is 0 Å². The minimum absolute atomic E-state index is 0.0950. The Bertz CT molecular complexity index is 1150. The van der Waals surface area contributed by atoms with Gasteiger partial charge in [-0.25, -0.2) is 4.68 Å². The highest BCUT2D eigenvalue weighted by molar-refractivity contribution is 6.04. The fourth-order valence-corrected chi connectivity index (χ4v) is 3.98. The van der Waals surface area contributed by atoms with Crippen LogP contribution in [0.15, 0.2) is 53.3 Å². The number of fused-ring (bicyclic) bond motifs is 1. The lowest BCUT2D eigenvalue weighted by Gasteiger charge is -2.36. The highest BCUT2D eigenvalue weighted by atomic mass is 16.5. The number of rotatable bonds is 5. The third-order valence-electron chi connectivity index (χ3n) is 5.51. The van der Waals surface area contributed by atoms with Gasteiger partial charge in [0.15, 0.2) is 5.69 Å². The van der Waals surface area contributed by atoms with Crippen LogP contribution >= 0.6 is 0 Å². The van der Waals surface area contributed by atoms with Crippen molar-refractivity contribution in [2.24, 2.45) is 0 Å². The van der Waals surface area contributed by atoms with Crippen LogP contribution in [0, 0.1) is 0 Å². The van der Waals surface area contributed by atoms with Crippen molar-refractivity contribution in [2.45, 2.75) is 33.4 Å². The van der Waals surface area contributed by atoms with Gasteiger partial charge in [-0.1, -0.05) is 30.3 Å². The van der Waals surface area contributed by atoms with Gasteiger partial charge in [0.25, 0.3) is 11.5 Å². The highest BCUT2D eigenvalue weighted by Gasteiger charge is 2.26. The molecule has 1 fully saturated rings. The maximum Gasteiger partial charge on any atom is 0.275 e. The second-order valence-electron chi connectivity index (χ2n) is 7.93. The molecule has 3 aromatic rings. The van der Waals surface area contributed by atoms with E-state index in [1.807, 2.05) is 56.0 Å².